The second kappa shape index (κ2) is 10.3. The Morgan fingerprint density at radius 2 is 2.03 bits per heavy atom. The summed E-state index contributed by atoms with van der Waals surface area (Å²) < 4.78 is 18.1. The molecule has 0 aliphatic rings. The Hall–Kier alpha value is -2.49. The minimum atomic E-state index is -0.428. The van der Waals surface area contributed by atoms with Crippen LogP contribution in [0.2, 0.25) is 0 Å². The van der Waals surface area contributed by atoms with E-state index < -0.39 is 6.29 Å². The van der Waals surface area contributed by atoms with Crippen LogP contribution in [0.5, 0.6) is 0 Å². The van der Waals surface area contributed by atoms with Crippen LogP contribution in [0.1, 0.15) is 39.9 Å². The van der Waals surface area contributed by atoms with Gasteiger partial charge in [0.15, 0.2) is 12.0 Å². The van der Waals surface area contributed by atoms with Gasteiger partial charge in [-0.25, -0.2) is 4.68 Å². The fraction of sp³-hybridized carbons (Fsp3) is 0.450. The Morgan fingerprint density at radius 1 is 1.24 bits per heavy atom. The van der Waals surface area contributed by atoms with Crippen LogP contribution in [0.25, 0.3) is 0 Å². The normalized spacial score (nSPS) is 11.3. The number of ether oxygens (including phenoxy) is 2. The van der Waals surface area contributed by atoms with Crippen molar-refractivity contribution >= 4 is 17.2 Å². The monoisotopic (exact) mass is 418 g/mol. The average Bonchev–Trinajstić information content (AvgIpc) is 3.44. The number of furan rings is 1. The van der Waals surface area contributed by atoms with E-state index in [9.17, 15) is 4.79 Å². The molecule has 0 aliphatic heterocycles. The number of rotatable bonds is 11. The van der Waals surface area contributed by atoms with Crippen LogP contribution in [-0.2, 0) is 29.1 Å². The summed E-state index contributed by atoms with van der Waals surface area (Å²) in [5.74, 6) is 0.509. The van der Waals surface area contributed by atoms with E-state index in [4.69, 9.17) is 13.9 Å². The van der Waals surface area contributed by atoms with Gasteiger partial charge in [0, 0.05) is 23.0 Å². The molecule has 1 amide bonds. The van der Waals surface area contributed by atoms with E-state index >= 15 is 0 Å². The summed E-state index contributed by atoms with van der Waals surface area (Å²) in [6, 6.07) is 7.75. The first kappa shape index (κ1) is 21.2. The molecule has 3 rings (SSSR count). The molecule has 0 unspecified atom stereocenters. The highest BCUT2D eigenvalue weighted by molar-refractivity contribution is 7.11. The van der Waals surface area contributed by atoms with Crippen molar-refractivity contribution in [2.45, 2.75) is 46.7 Å². The minimum Gasteiger partial charge on any atom is -0.467 e. The summed E-state index contributed by atoms with van der Waals surface area (Å²) in [5, 5.41) is 8.14. The average molecular weight is 419 g/mol. The van der Waals surface area contributed by atoms with E-state index in [1.165, 1.54) is 4.88 Å². The number of nitrogens with zero attached hydrogens (tertiary/aromatic N) is 4. The molecule has 3 heterocycles. The molecule has 0 N–H and O–H groups in total. The topological polar surface area (TPSA) is 82.6 Å². The maximum Gasteiger partial charge on any atom is 0.276 e. The number of aromatic nitrogens is 3. The number of carbonyl (C=O) groups excluding carboxylic acids is 1. The van der Waals surface area contributed by atoms with Crippen molar-refractivity contribution in [3.63, 3.8) is 0 Å². The lowest BCUT2D eigenvalue weighted by molar-refractivity contribution is -0.145. The lowest BCUT2D eigenvalue weighted by Crippen LogP contribution is -2.30. The molecule has 3 aromatic rings. The number of carbonyl (C=O) groups is 1. The Morgan fingerprint density at radius 3 is 2.66 bits per heavy atom. The molecule has 0 fully saturated rings. The number of amides is 1. The van der Waals surface area contributed by atoms with E-state index in [0.29, 0.717) is 38.6 Å². The van der Waals surface area contributed by atoms with Crippen LogP contribution < -0.4 is 0 Å². The number of aryl methyl sites for hydroxylation is 1. The van der Waals surface area contributed by atoms with E-state index in [1.54, 1.807) is 33.4 Å². The quantitative estimate of drug-likeness (QED) is 0.443. The fourth-order valence-electron chi connectivity index (χ4n) is 2.87. The minimum absolute atomic E-state index is 0.205. The summed E-state index contributed by atoms with van der Waals surface area (Å²) in [4.78, 5) is 17.2. The van der Waals surface area contributed by atoms with Crippen LogP contribution >= 0.6 is 11.3 Å². The fourth-order valence-corrected chi connectivity index (χ4v) is 3.78. The molecule has 0 bridgehead atoms. The second-order valence-electron chi connectivity index (χ2n) is 6.42. The molecule has 0 spiro atoms. The van der Waals surface area contributed by atoms with Gasteiger partial charge in [-0.3, -0.25) is 4.79 Å². The maximum atomic E-state index is 13.1. The van der Waals surface area contributed by atoms with Gasteiger partial charge in [0.05, 0.1) is 32.1 Å². The Bertz CT molecular complexity index is 884. The lowest BCUT2D eigenvalue weighted by atomic mass is 10.3. The zero-order chi connectivity index (χ0) is 20.6. The molecule has 3 aromatic heterocycles. The molecule has 0 radical (unpaired) electrons. The predicted octanol–water partition coefficient (Wildman–Crippen LogP) is 3.48. The first-order valence-electron chi connectivity index (χ1n) is 9.59. The van der Waals surface area contributed by atoms with Gasteiger partial charge in [-0.15, -0.1) is 16.4 Å². The number of hydrogen-bond acceptors (Lipinski definition) is 7. The predicted molar refractivity (Wildman–Crippen MR) is 108 cm³/mol. The van der Waals surface area contributed by atoms with Crippen LogP contribution in [0, 0.1) is 6.92 Å². The van der Waals surface area contributed by atoms with Gasteiger partial charge in [-0.05, 0) is 45.0 Å². The van der Waals surface area contributed by atoms with E-state index in [-0.39, 0.29) is 11.6 Å². The third-order valence-electron chi connectivity index (χ3n) is 4.16. The van der Waals surface area contributed by atoms with Gasteiger partial charge < -0.3 is 18.8 Å². The Kier molecular flexibility index (Phi) is 7.56. The van der Waals surface area contributed by atoms with Crippen molar-refractivity contribution < 1.29 is 18.7 Å². The van der Waals surface area contributed by atoms with Crippen molar-refractivity contribution in [2.24, 2.45) is 0 Å². The zero-order valence-corrected chi connectivity index (χ0v) is 17.7. The molecule has 0 aliphatic carbocycles. The maximum absolute atomic E-state index is 13.1. The highest BCUT2D eigenvalue weighted by Gasteiger charge is 2.22. The van der Waals surface area contributed by atoms with Crippen LogP contribution in [0.15, 0.2) is 41.1 Å². The van der Waals surface area contributed by atoms with E-state index in [0.717, 1.165) is 4.88 Å². The first-order valence-corrected chi connectivity index (χ1v) is 10.4. The van der Waals surface area contributed by atoms with Crippen molar-refractivity contribution in [3.05, 3.63) is 57.9 Å². The van der Waals surface area contributed by atoms with Crippen molar-refractivity contribution in [3.8, 4) is 0 Å². The van der Waals surface area contributed by atoms with E-state index in [1.807, 2.05) is 45.0 Å². The molecule has 0 saturated heterocycles. The molecule has 8 nitrogen and oxygen atoms in total. The number of hydrogen-bond donors (Lipinski definition) is 0. The smallest absolute Gasteiger partial charge is 0.276 e. The molecule has 0 atom stereocenters. The van der Waals surface area contributed by atoms with Gasteiger partial charge in [-0.1, -0.05) is 5.21 Å². The number of thiophene rings is 1. The third kappa shape index (κ3) is 5.99. The molecule has 29 heavy (non-hydrogen) atoms. The van der Waals surface area contributed by atoms with Gasteiger partial charge in [-0.2, -0.15) is 0 Å². The third-order valence-corrected chi connectivity index (χ3v) is 5.14. The second-order valence-corrected chi connectivity index (χ2v) is 7.79. The van der Waals surface area contributed by atoms with Gasteiger partial charge in [0.2, 0.25) is 0 Å². The highest BCUT2D eigenvalue weighted by atomic mass is 32.1. The van der Waals surface area contributed by atoms with Crippen molar-refractivity contribution in [2.75, 3.05) is 13.2 Å². The van der Waals surface area contributed by atoms with Crippen LogP contribution in [0.3, 0.4) is 0 Å². The summed E-state index contributed by atoms with van der Waals surface area (Å²) in [6.07, 6.45) is 2.80. The van der Waals surface area contributed by atoms with Gasteiger partial charge >= 0.3 is 0 Å². The summed E-state index contributed by atoms with van der Waals surface area (Å²) >= 11 is 1.67. The zero-order valence-electron chi connectivity index (χ0n) is 16.9. The standard InChI is InChI=1S/C20H26N4O4S/c1-4-26-19(27-5-2)14-24-13-18(21-22-24)20(25)23(11-16-7-6-10-28-16)12-17-9-8-15(3)29-17/h6-10,13,19H,4-5,11-12,14H2,1-3H3. The van der Waals surface area contributed by atoms with Crippen molar-refractivity contribution in [1.82, 2.24) is 19.9 Å². The SMILES string of the molecule is CCOC(Cn1cc(C(=O)N(Cc2ccco2)Cc2ccc(C)s2)nn1)OCC. The molecular weight excluding hydrogens is 392 g/mol. The van der Waals surface area contributed by atoms with Crippen LogP contribution in [-0.4, -0.2) is 45.3 Å². The molecule has 0 saturated carbocycles. The lowest BCUT2D eigenvalue weighted by Gasteiger charge is -2.20. The molecule has 9 heteroatoms. The van der Waals surface area contributed by atoms with Crippen molar-refractivity contribution in [1.29, 1.82) is 0 Å². The summed E-state index contributed by atoms with van der Waals surface area (Å²) in [5.41, 5.74) is 0.275. The Labute approximate surface area is 174 Å². The molecule has 156 valence electrons. The van der Waals surface area contributed by atoms with E-state index in [2.05, 4.69) is 10.3 Å². The largest absolute Gasteiger partial charge is 0.467 e. The first-order chi connectivity index (χ1) is 14.1. The van der Waals surface area contributed by atoms with Crippen LogP contribution in [0.4, 0.5) is 0 Å². The summed E-state index contributed by atoms with van der Waals surface area (Å²) in [7, 11) is 0. The van der Waals surface area contributed by atoms with Gasteiger partial charge in [0.1, 0.15) is 5.76 Å². The molecule has 0 aromatic carbocycles. The van der Waals surface area contributed by atoms with Gasteiger partial charge in [0.25, 0.3) is 5.91 Å². The summed E-state index contributed by atoms with van der Waals surface area (Å²) in [6.45, 7) is 8.12. The Balaban J connectivity index is 1.73. The highest BCUT2D eigenvalue weighted by Crippen LogP contribution is 2.20. The molecular formula is C20H26N4O4S.